The highest BCUT2D eigenvalue weighted by atomic mass is 32.2. The van der Waals surface area contributed by atoms with E-state index in [9.17, 15) is 9.59 Å². The lowest BCUT2D eigenvalue weighted by atomic mass is 9.82. The molecule has 1 unspecified atom stereocenters. The maximum atomic E-state index is 13.6. The van der Waals surface area contributed by atoms with Crippen molar-refractivity contribution in [2.24, 2.45) is 0 Å². The zero-order chi connectivity index (χ0) is 21.1. The van der Waals surface area contributed by atoms with E-state index in [1.165, 1.54) is 0 Å². The van der Waals surface area contributed by atoms with E-state index in [-0.39, 0.29) is 11.8 Å². The third kappa shape index (κ3) is 3.73. The quantitative estimate of drug-likeness (QED) is 0.614. The van der Waals surface area contributed by atoms with Crippen molar-refractivity contribution in [3.8, 4) is 0 Å². The monoisotopic (exact) mass is 416 g/mol. The Morgan fingerprint density at radius 2 is 1.77 bits per heavy atom. The molecule has 152 valence electrons. The summed E-state index contributed by atoms with van der Waals surface area (Å²) in [4.78, 5) is 29.7. The van der Waals surface area contributed by atoms with E-state index in [0.717, 1.165) is 21.7 Å². The van der Waals surface area contributed by atoms with Gasteiger partial charge in [-0.25, -0.2) is 0 Å². The van der Waals surface area contributed by atoms with Crippen LogP contribution in [-0.2, 0) is 17.8 Å². The number of carbonyl (C=O) groups is 2. The van der Waals surface area contributed by atoms with Gasteiger partial charge in [0.05, 0.1) is 0 Å². The van der Waals surface area contributed by atoms with Gasteiger partial charge in [0.25, 0.3) is 5.91 Å². The number of carbonyl (C=O) groups excluding carboxylic acids is 2. The Kier molecular flexibility index (Phi) is 5.64. The number of hydrogen-bond donors (Lipinski definition) is 1. The molecule has 0 saturated carbocycles. The van der Waals surface area contributed by atoms with Crippen LogP contribution >= 0.6 is 11.8 Å². The Labute approximate surface area is 181 Å². The molecule has 0 spiro atoms. The van der Waals surface area contributed by atoms with Crippen molar-refractivity contribution < 1.29 is 9.59 Å². The fourth-order valence-corrected chi connectivity index (χ4v) is 4.43. The molecule has 1 heterocycles. The smallest absolute Gasteiger partial charge is 0.259 e. The van der Waals surface area contributed by atoms with Crippen molar-refractivity contribution in [2.45, 2.75) is 30.3 Å². The SMILES string of the molecule is CSc1cccc(N2C(=O)c3ccccc3CC2(C)C(=O)NCc2ccccc2)c1. The first kappa shape index (κ1) is 20.2. The number of thioether (sulfide) groups is 1. The highest BCUT2D eigenvalue weighted by molar-refractivity contribution is 7.98. The highest BCUT2D eigenvalue weighted by Crippen LogP contribution is 2.36. The molecule has 0 saturated heterocycles. The number of hydrogen-bond acceptors (Lipinski definition) is 3. The Morgan fingerprint density at radius 1 is 1.03 bits per heavy atom. The summed E-state index contributed by atoms with van der Waals surface area (Å²) in [6, 6.07) is 25.2. The van der Waals surface area contributed by atoms with E-state index in [2.05, 4.69) is 5.32 Å². The fraction of sp³-hybridized carbons (Fsp3) is 0.200. The van der Waals surface area contributed by atoms with Gasteiger partial charge in [-0.2, -0.15) is 0 Å². The molecule has 3 aromatic carbocycles. The minimum atomic E-state index is -1.03. The van der Waals surface area contributed by atoms with Crippen LogP contribution in [0.15, 0.2) is 83.8 Å². The molecular formula is C25H24N2O2S. The summed E-state index contributed by atoms with van der Waals surface area (Å²) in [6.45, 7) is 2.27. The molecule has 0 bridgehead atoms. The summed E-state index contributed by atoms with van der Waals surface area (Å²) in [5, 5.41) is 3.05. The summed E-state index contributed by atoms with van der Waals surface area (Å²) >= 11 is 1.61. The molecular weight excluding hydrogens is 392 g/mol. The van der Waals surface area contributed by atoms with Gasteiger partial charge in [-0.05, 0) is 48.6 Å². The standard InChI is InChI=1S/C25H24N2O2S/c1-25(24(29)26-17-18-9-4-3-5-10-18)16-19-11-6-7-14-22(19)23(28)27(25)20-12-8-13-21(15-20)30-2/h3-15H,16-17H2,1-2H3,(H,26,29). The zero-order valence-electron chi connectivity index (χ0n) is 17.1. The first-order chi connectivity index (χ1) is 14.5. The van der Waals surface area contributed by atoms with Crippen LogP contribution in [0.25, 0.3) is 0 Å². The zero-order valence-corrected chi connectivity index (χ0v) is 17.9. The molecule has 1 atom stereocenters. The van der Waals surface area contributed by atoms with Crippen molar-refractivity contribution in [3.63, 3.8) is 0 Å². The average Bonchev–Trinajstić information content (AvgIpc) is 2.78. The van der Waals surface area contributed by atoms with Gasteiger partial charge in [0.15, 0.2) is 0 Å². The van der Waals surface area contributed by atoms with Gasteiger partial charge in [0.1, 0.15) is 5.54 Å². The van der Waals surface area contributed by atoms with E-state index in [0.29, 0.717) is 18.5 Å². The number of rotatable bonds is 5. The highest BCUT2D eigenvalue weighted by Gasteiger charge is 2.47. The van der Waals surface area contributed by atoms with E-state index >= 15 is 0 Å². The van der Waals surface area contributed by atoms with E-state index in [4.69, 9.17) is 0 Å². The number of anilines is 1. The molecule has 1 N–H and O–H groups in total. The minimum absolute atomic E-state index is 0.146. The van der Waals surface area contributed by atoms with Crippen LogP contribution in [0, 0.1) is 0 Å². The fourth-order valence-electron chi connectivity index (χ4n) is 3.98. The molecule has 0 aliphatic carbocycles. The van der Waals surface area contributed by atoms with Gasteiger partial charge in [0.2, 0.25) is 5.91 Å². The van der Waals surface area contributed by atoms with Gasteiger partial charge >= 0.3 is 0 Å². The number of nitrogens with one attached hydrogen (secondary N) is 1. The van der Waals surface area contributed by atoms with E-state index in [1.807, 2.05) is 92.0 Å². The Morgan fingerprint density at radius 3 is 2.53 bits per heavy atom. The number of nitrogens with zero attached hydrogens (tertiary/aromatic N) is 1. The Balaban J connectivity index is 1.73. The summed E-state index contributed by atoms with van der Waals surface area (Å²) < 4.78 is 0. The summed E-state index contributed by atoms with van der Waals surface area (Å²) in [6.07, 6.45) is 2.46. The molecule has 0 radical (unpaired) electrons. The normalized spacial score (nSPS) is 18.1. The number of fused-ring (bicyclic) bond motifs is 1. The van der Waals surface area contributed by atoms with Crippen LogP contribution in [0.3, 0.4) is 0 Å². The van der Waals surface area contributed by atoms with Crippen molar-refractivity contribution in [1.29, 1.82) is 0 Å². The largest absolute Gasteiger partial charge is 0.350 e. The van der Waals surface area contributed by atoms with Crippen molar-refractivity contribution in [1.82, 2.24) is 5.32 Å². The predicted molar refractivity (Wildman–Crippen MR) is 122 cm³/mol. The van der Waals surface area contributed by atoms with Gasteiger partial charge < -0.3 is 5.32 Å². The van der Waals surface area contributed by atoms with Crippen LogP contribution in [0.5, 0.6) is 0 Å². The molecule has 4 nitrogen and oxygen atoms in total. The first-order valence-electron chi connectivity index (χ1n) is 9.92. The van der Waals surface area contributed by atoms with Gasteiger partial charge in [-0.1, -0.05) is 54.6 Å². The van der Waals surface area contributed by atoms with E-state index in [1.54, 1.807) is 16.7 Å². The molecule has 5 heteroatoms. The molecule has 2 amide bonds. The molecule has 3 aromatic rings. The lowest BCUT2D eigenvalue weighted by Crippen LogP contribution is -2.63. The van der Waals surface area contributed by atoms with Crippen molar-refractivity contribution >= 4 is 29.3 Å². The van der Waals surface area contributed by atoms with Crippen LogP contribution in [-0.4, -0.2) is 23.6 Å². The molecule has 1 aliphatic rings. The first-order valence-corrected chi connectivity index (χ1v) is 11.1. The van der Waals surface area contributed by atoms with Crippen LogP contribution in [0.2, 0.25) is 0 Å². The summed E-state index contributed by atoms with van der Waals surface area (Å²) in [5.74, 6) is -0.309. The van der Waals surface area contributed by atoms with E-state index < -0.39 is 5.54 Å². The van der Waals surface area contributed by atoms with Crippen LogP contribution in [0.4, 0.5) is 5.69 Å². The topological polar surface area (TPSA) is 49.4 Å². The van der Waals surface area contributed by atoms with Crippen molar-refractivity contribution in [3.05, 3.63) is 95.6 Å². The van der Waals surface area contributed by atoms with Crippen LogP contribution < -0.4 is 10.2 Å². The third-order valence-corrected chi connectivity index (χ3v) is 6.30. The second-order valence-corrected chi connectivity index (χ2v) is 8.50. The lowest BCUT2D eigenvalue weighted by molar-refractivity contribution is -0.126. The maximum absolute atomic E-state index is 13.6. The Bertz CT molecular complexity index is 1080. The van der Waals surface area contributed by atoms with Gasteiger partial charge in [0, 0.05) is 29.1 Å². The summed E-state index contributed by atoms with van der Waals surface area (Å²) in [7, 11) is 0. The Hall–Kier alpha value is -3.05. The number of amides is 2. The molecule has 30 heavy (non-hydrogen) atoms. The van der Waals surface area contributed by atoms with Gasteiger partial charge in [-0.3, -0.25) is 14.5 Å². The molecule has 0 fully saturated rings. The number of benzene rings is 3. The van der Waals surface area contributed by atoms with Gasteiger partial charge in [-0.15, -0.1) is 11.8 Å². The lowest BCUT2D eigenvalue weighted by Gasteiger charge is -2.44. The third-order valence-electron chi connectivity index (χ3n) is 5.58. The maximum Gasteiger partial charge on any atom is 0.259 e. The summed E-state index contributed by atoms with van der Waals surface area (Å²) in [5.41, 5.74) is 2.28. The van der Waals surface area contributed by atoms with Crippen molar-refractivity contribution in [2.75, 3.05) is 11.2 Å². The molecule has 0 aromatic heterocycles. The minimum Gasteiger partial charge on any atom is -0.350 e. The molecule has 4 rings (SSSR count). The predicted octanol–water partition coefficient (Wildman–Crippen LogP) is 4.69. The van der Waals surface area contributed by atoms with Crippen LogP contribution in [0.1, 0.15) is 28.4 Å². The molecule has 1 aliphatic heterocycles. The second-order valence-electron chi connectivity index (χ2n) is 7.62. The average molecular weight is 417 g/mol. The second kappa shape index (κ2) is 8.36.